The van der Waals surface area contributed by atoms with Crippen LogP contribution in [-0.2, 0) is 0 Å². The molecule has 0 aliphatic rings. The summed E-state index contributed by atoms with van der Waals surface area (Å²) >= 11 is 0. The van der Waals surface area contributed by atoms with Gasteiger partial charge in [-0.3, -0.25) is 14.9 Å². The van der Waals surface area contributed by atoms with Crippen molar-refractivity contribution in [2.24, 2.45) is 11.7 Å². The highest BCUT2D eigenvalue weighted by atomic mass is 19.1. The molecule has 0 aliphatic heterocycles. The van der Waals surface area contributed by atoms with E-state index >= 15 is 0 Å². The maximum Gasteiger partial charge on any atom is 0.305 e. The van der Waals surface area contributed by atoms with Gasteiger partial charge in [0.2, 0.25) is 5.82 Å². The number of carbonyl (C=O) groups is 1. The molecule has 0 radical (unpaired) electrons. The molecule has 1 rings (SSSR count). The zero-order valence-corrected chi connectivity index (χ0v) is 11.9. The van der Waals surface area contributed by atoms with E-state index in [1.807, 2.05) is 0 Å². The number of amides is 1. The topological polar surface area (TPSA) is 98.3 Å². The fourth-order valence-electron chi connectivity index (χ4n) is 1.64. The summed E-state index contributed by atoms with van der Waals surface area (Å²) in [6.07, 6.45) is 0. The monoisotopic (exact) mass is 301 g/mol. The van der Waals surface area contributed by atoms with E-state index in [4.69, 9.17) is 5.73 Å². The third-order valence-corrected chi connectivity index (χ3v) is 3.59. The first kappa shape index (κ1) is 17.0. The molecule has 0 fully saturated rings. The number of rotatable bonds is 5. The molecule has 8 heteroatoms. The van der Waals surface area contributed by atoms with E-state index in [0.717, 1.165) is 0 Å². The molecule has 0 aromatic heterocycles. The molecule has 1 aromatic rings. The van der Waals surface area contributed by atoms with Gasteiger partial charge < -0.3 is 11.1 Å². The van der Waals surface area contributed by atoms with E-state index in [-0.39, 0.29) is 12.5 Å². The van der Waals surface area contributed by atoms with Crippen LogP contribution in [0.5, 0.6) is 0 Å². The molecule has 0 heterocycles. The molecule has 1 amide bonds. The molecule has 0 spiro atoms. The fraction of sp³-hybridized carbons (Fsp3) is 0.462. The van der Waals surface area contributed by atoms with E-state index in [9.17, 15) is 23.7 Å². The van der Waals surface area contributed by atoms with Gasteiger partial charge in [0.25, 0.3) is 5.91 Å². The lowest BCUT2D eigenvalue weighted by Crippen LogP contribution is -2.55. The standard InChI is InChI=1S/C13H17F2N3O3/c1-7(2)13(3,6-16)17-12(19)10-8(14)4-5-9(11(10)15)18(20)21/h4-5,7H,6,16H2,1-3H3,(H,17,19). The molecule has 21 heavy (non-hydrogen) atoms. The molecule has 0 saturated heterocycles. The lowest BCUT2D eigenvalue weighted by molar-refractivity contribution is -0.387. The maximum absolute atomic E-state index is 13.9. The van der Waals surface area contributed by atoms with E-state index in [2.05, 4.69) is 5.32 Å². The van der Waals surface area contributed by atoms with Crippen LogP contribution in [0.2, 0.25) is 0 Å². The molecule has 0 bridgehead atoms. The molecule has 6 nitrogen and oxygen atoms in total. The van der Waals surface area contributed by atoms with Gasteiger partial charge in [-0.1, -0.05) is 13.8 Å². The largest absolute Gasteiger partial charge is 0.345 e. The Morgan fingerprint density at radius 2 is 2.05 bits per heavy atom. The smallest absolute Gasteiger partial charge is 0.305 e. The van der Waals surface area contributed by atoms with Crippen molar-refractivity contribution in [3.8, 4) is 0 Å². The van der Waals surface area contributed by atoms with Crippen LogP contribution in [0.15, 0.2) is 12.1 Å². The highest BCUT2D eigenvalue weighted by Crippen LogP contribution is 2.24. The predicted octanol–water partition coefficient (Wildman–Crippen LogP) is 1.98. The second kappa shape index (κ2) is 6.13. The Kier molecular flexibility index (Phi) is 4.95. The average molecular weight is 301 g/mol. The highest BCUT2D eigenvalue weighted by Gasteiger charge is 2.33. The Bertz CT molecular complexity index is 578. The Morgan fingerprint density at radius 1 is 1.48 bits per heavy atom. The minimum atomic E-state index is -1.50. The Labute approximate surface area is 120 Å². The number of benzene rings is 1. The average Bonchev–Trinajstić information content (AvgIpc) is 2.37. The molecule has 3 N–H and O–H groups in total. The zero-order valence-electron chi connectivity index (χ0n) is 11.9. The van der Waals surface area contributed by atoms with Crippen LogP contribution in [0, 0.1) is 27.7 Å². The van der Waals surface area contributed by atoms with Crippen LogP contribution in [0.3, 0.4) is 0 Å². The van der Waals surface area contributed by atoms with Crippen LogP contribution in [0.1, 0.15) is 31.1 Å². The van der Waals surface area contributed by atoms with Gasteiger partial charge in [-0.15, -0.1) is 0 Å². The second-order valence-corrected chi connectivity index (χ2v) is 5.24. The van der Waals surface area contributed by atoms with Crippen molar-refractivity contribution in [2.75, 3.05) is 6.54 Å². The zero-order chi connectivity index (χ0) is 16.4. The number of halogens is 2. The van der Waals surface area contributed by atoms with Crippen LogP contribution < -0.4 is 11.1 Å². The first-order valence-corrected chi connectivity index (χ1v) is 6.29. The molecule has 1 unspecified atom stereocenters. The van der Waals surface area contributed by atoms with E-state index < -0.39 is 39.3 Å². The number of nitrogens with two attached hydrogens (primary N) is 1. The Morgan fingerprint density at radius 3 is 2.48 bits per heavy atom. The number of nitrogens with one attached hydrogen (secondary N) is 1. The minimum absolute atomic E-state index is 0.0502. The van der Waals surface area contributed by atoms with Gasteiger partial charge >= 0.3 is 5.69 Å². The van der Waals surface area contributed by atoms with Gasteiger partial charge in [0.15, 0.2) is 0 Å². The molecule has 1 aromatic carbocycles. The highest BCUT2D eigenvalue weighted by molar-refractivity contribution is 5.96. The molecule has 0 aliphatic carbocycles. The van der Waals surface area contributed by atoms with Gasteiger partial charge in [-0.05, 0) is 18.9 Å². The number of hydrogen-bond donors (Lipinski definition) is 2. The summed E-state index contributed by atoms with van der Waals surface area (Å²) < 4.78 is 27.6. The van der Waals surface area contributed by atoms with Gasteiger partial charge in [0.05, 0.1) is 10.5 Å². The third-order valence-electron chi connectivity index (χ3n) is 3.59. The van der Waals surface area contributed by atoms with Crippen LogP contribution in [0.4, 0.5) is 14.5 Å². The molecule has 116 valence electrons. The van der Waals surface area contributed by atoms with Crippen molar-refractivity contribution >= 4 is 11.6 Å². The first-order valence-electron chi connectivity index (χ1n) is 6.29. The summed E-state index contributed by atoms with van der Waals surface area (Å²) in [6.45, 7) is 5.25. The first-order chi connectivity index (χ1) is 9.64. The molecule has 1 atom stereocenters. The van der Waals surface area contributed by atoms with Crippen LogP contribution in [0.25, 0.3) is 0 Å². The van der Waals surface area contributed by atoms with Gasteiger partial charge in [0, 0.05) is 12.6 Å². The van der Waals surface area contributed by atoms with Crippen LogP contribution in [-0.4, -0.2) is 22.9 Å². The van der Waals surface area contributed by atoms with Crippen molar-refractivity contribution in [1.29, 1.82) is 0 Å². The Hall–Kier alpha value is -2.09. The third kappa shape index (κ3) is 3.33. The van der Waals surface area contributed by atoms with E-state index in [0.29, 0.717) is 12.1 Å². The predicted molar refractivity (Wildman–Crippen MR) is 72.8 cm³/mol. The quantitative estimate of drug-likeness (QED) is 0.641. The van der Waals surface area contributed by atoms with E-state index in [1.54, 1.807) is 20.8 Å². The summed E-state index contributed by atoms with van der Waals surface area (Å²) in [7, 11) is 0. The fourth-order valence-corrected chi connectivity index (χ4v) is 1.64. The SMILES string of the molecule is CC(C)C(C)(CN)NC(=O)c1c(F)ccc([N+](=O)[O-])c1F. The van der Waals surface area contributed by atoms with Gasteiger partial charge in [-0.25, -0.2) is 4.39 Å². The second-order valence-electron chi connectivity index (χ2n) is 5.24. The minimum Gasteiger partial charge on any atom is -0.345 e. The summed E-state index contributed by atoms with van der Waals surface area (Å²) in [5.74, 6) is -3.84. The van der Waals surface area contributed by atoms with Crippen LogP contribution >= 0.6 is 0 Å². The maximum atomic E-state index is 13.9. The van der Waals surface area contributed by atoms with Gasteiger partial charge in [-0.2, -0.15) is 4.39 Å². The van der Waals surface area contributed by atoms with Crippen molar-refractivity contribution in [1.82, 2.24) is 5.32 Å². The van der Waals surface area contributed by atoms with Crippen molar-refractivity contribution < 1.29 is 18.5 Å². The summed E-state index contributed by atoms with van der Waals surface area (Å²) in [5.41, 5.74) is 2.75. The number of carbonyl (C=O) groups excluding carboxylic acids is 1. The lowest BCUT2D eigenvalue weighted by Gasteiger charge is -2.33. The summed E-state index contributed by atoms with van der Waals surface area (Å²) in [6, 6.07) is 1.36. The van der Waals surface area contributed by atoms with Crippen molar-refractivity contribution in [3.63, 3.8) is 0 Å². The van der Waals surface area contributed by atoms with Crippen molar-refractivity contribution in [3.05, 3.63) is 39.4 Å². The van der Waals surface area contributed by atoms with Gasteiger partial charge in [0.1, 0.15) is 11.4 Å². The molecule has 0 saturated carbocycles. The normalized spacial score (nSPS) is 13.9. The lowest BCUT2D eigenvalue weighted by atomic mass is 9.88. The number of hydrogen-bond acceptors (Lipinski definition) is 4. The summed E-state index contributed by atoms with van der Waals surface area (Å²) in [5, 5.41) is 13.1. The molecular weight excluding hydrogens is 284 g/mol. The number of nitro benzene ring substituents is 1. The molecular formula is C13H17F2N3O3. The summed E-state index contributed by atoms with van der Waals surface area (Å²) in [4.78, 5) is 21.7. The van der Waals surface area contributed by atoms with E-state index in [1.165, 1.54) is 0 Å². The van der Waals surface area contributed by atoms with Crippen molar-refractivity contribution in [2.45, 2.75) is 26.3 Å². The number of nitro groups is 1. The Balaban J connectivity index is 3.25. The number of nitrogens with zero attached hydrogens (tertiary/aromatic N) is 1.